The number of ketones is 2. The topological polar surface area (TPSA) is 56.9 Å². The molecule has 0 atom stereocenters. The second-order valence-corrected chi connectivity index (χ2v) is 8.98. The molecule has 0 radical (unpaired) electrons. The molecule has 0 amide bonds. The fraction of sp³-hybridized carbons (Fsp3) is 0.100. The zero-order valence-electron chi connectivity index (χ0n) is 19.7. The molecule has 2 heterocycles. The summed E-state index contributed by atoms with van der Waals surface area (Å²) in [6, 6.07) is 25.7. The lowest BCUT2D eigenvalue weighted by molar-refractivity contribution is 0.0990. The summed E-state index contributed by atoms with van der Waals surface area (Å²) >= 11 is 0. The first-order chi connectivity index (χ1) is 17.0. The SMILES string of the molecule is Cc1ccc(C)c2c1C(=O)C(=Cc1cc3c(nc(-c4ccccc4)n3C)n1-c1ccccc1)C2=O. The summed E-state index contributed by atoms with van der Waals surface area (Å²) in [6.07, 6.45) is 1.72. The number of hydrogen-bond acceptors (Lipinski definition) is 3. The van der Waals surface area contributed by atoms with Crippen LogP contribution in [0, 0.1) is 13.8 Å². The van der Waals surface area contributed by atoms with Gasteiger partial charge in [-0.05, 0) is 49.2 Å². The van der Waals surface area contributed by atoms with Crippen molar-refractivity contribution in [3.63, 3.8) is 0 Å². The molecule has 0 spiro atoms. The highest BCUT2D eigenvalue weighted by Crippen LogP contribution is 2.35. The predicted molar refractivity (Wildman–Crippen MR) is 138 cm³/mol. The van der Waals surface area contributed by atoms with Crippen LogP contribution < -0.4 is 0 Å². The molecule has 6 rings (SSSR count). The van der Waals surface area contributed by atoms with Gasteiger partial charge in [0.2, 0.25) is 0 Å². The Bertz CT molecular complexity index is 1640. The largest absolute Gasteiger partial charge is 0.326 e. The summed E-state index contributed by atoms with van der Waals surface area (Å²) in [7, 11) is 1.98. The number of carbonyl (C=O) groups excluding carboxylic acids is 2. The van der Waals surface area contributed by atoms with E-state index in [1.165, 1.54) is 0 Å². The van der Waals surface area contributed by atoms with E-state index in [4.69, 9.17) is 4.98 Å². The molecular weight excluding hydrogens is 434 g/mol. The fourth-order valence-electron chi connectivity index (χ4n) is 5.00. The summed E-state index contributed by atoms with van der Waals surface area (Å²) in [5.41, 5.74) is 7.25. The number of imidazole rings is 1. The van der Waals surface area contributed by atoms with Crippen LogP contribution in [0.3, 0.4) is 0 Å². The first kappa shape index (κ1) is 21.1. The van der Waals surface area contributed by atoms with Crippen LogP contribution in [0.4, 0.5) is 0 Å². The number of hydrogen-bond donors (Lipinski definition) is 0. The summed E-state index contributed by atoms with van der Waals surface area (Å²) < 4.78 is 4.06. The Morgan fingerprint density at radius 1 is 0.771 bits per heavy atom. The standard InChI is InChI=1S/C30H23N3O2/c1-18-14-15-19(2)26-25(18)27(34)23(28(26)35)16-22-17-24-30(33(22)21-12-8-5-9-13-21)31-29(32(24)3)20-10-6-4-7-11-20/h4-17H,1-3H3. The van der Waals surface area contributed by atoms with Crippen LogP contribution in [-0.2, 0) is 7.05 Å². The highest BCUT2D eigenvalue weighted by molar-refractivity contribution is 6.42. The minimum Gasteiger partial charge on any atom is -0.326 e. The van der Waals surface area contributed by atoms with E-state index in [-0.39, 0.29) is 17.1 Å². The Morgan fingerprint density at radius 3 is 1.94 bits per heavy atom. The Balaban J connectivity index is 1.59. The highest BCUT2D eigenvalue weighted by atomic mass is 16.2. The van der Waals surface area contributed by atoms with E-state index < -0.39 is 0 Å². The van der Waals surface area contributed by atoms with Crippen molar-refractivity contribution in [2.45, 2.75) is 13.8 Å². The molecule has 3 aromatic carbocycles. The average molecular weight is 458 g/mol. The Labute approximate surface area is 203 Å². The van der Waals surface area contributed by atoms with Gasteiger partial charge < -0.3 is 4.57 Å². The first-order valence-corrected chi connectivity index (χ1v) is 11.6. The quantitative estimate of drug-likeness (QED) is 0.243. The van der Waals surface area contributed by atoms with E-state index in [0.29, 0.717) is 11.1 Å². The number of aryl methyl sites for hydroxylation is 3. The Kier molecular flexibility index (Phi) is 4.68. The van der Waals surface area contributed by atoms with Crippen molar-refractivity contribution in [1.82, 2.24) is 14.1 Å². The molecule has 5 heteroatoms. The van der Waals surface area contributed by atoms with Gasteiger partial charge in [-0.3, -0.25) is 14.2 Å². The number of Topliss-reactive ketones (excluding diaryl/α,β-unsaturated/α-hetero) is 2. The zero-order chi connectivity index (χ0) is 24.3. The van der Waals surface area contributed by atoms with E-state index >= 15 is 0 Å². The molecule has 35 heavy (non-hydrogen) atoms. The summed E-state index contributed by atoms with van der Waals surface area (Å²) in [5, 5.41) is 0. The molecule has 5 nitrogen and oxygen atoms in total. The lowest BCUT2D eigenvalue weighted by Gasteiger charge is -2.08. The van der Waals surface area contributed by atoms with Crippen molar-refractivity contribution >= 4 is 28.8 Å². The average Bonchev–Trinajstić information content (AvgIpc) is 3.48. The third-order valence-corrected chi connectivity index (χ3v) is 6.78. The van der Waals surface area contributed by atoms with Gasteiger partial charge in [-0.25, -0.2) is 4.98 Å². The lowest BCUT2D eigenvalue weighted by Crippen LogP contribution is -2.03. The summed E-state index contributed by atoms with van der Waals surface area (Å²) in [6.45, 7) is 3.75. The fourth-order valence-corrected chi connectivity index (χ4v) is 5.00. The molecule has 1 aliphatic rings. The first-order valence-electron chi connectivity index (χ1n) is 11.6. The van der Waals surface area contributed by atoms with Gasteiger partial charge in [0, 0.05) is 29.4 Å². The van der Waals surface area contributed by atoms with Crippen LogP contribution in [0.1, 0.15) is 37.5 Å². The van der Waals surface area contributed by atoms with Gasteiger partial charge in [-0.1, -0.05) is 60.7 Å². The monoisotopic (exact) mass is 457 g/mol. The van der Waals surface area contributed by atoms with Crippen LogP contribution in [0.15, 0.2) is 84.4 Å². The van der Waals surface area contributed by atoms with Gasteiger partial charge in [0.25, 0.3) is 0 Å². The van der Waals surface area contributed by atoms with E-state index in [9.17, 15) is 9.59 Å². The predicted octanol–water partition coefficient (Wildman–Crippen LogP) is 6.11. The minimum absolute atomic E-state index is 0.195. The number of carbonyl (C=O) groups is 2. The van der Waals surface area contributed by atoms with Crippen LogP contribution in [0.25, 0.3) is 34.3 Å². The maximum absolute atomic E-state index is 13.4. The molecule has 0 aliphatic heterocycles. The van der Waals surface area contributed by atoms with Gasteiger partial charge in [0.15, 0.2) is 17.2 Å². The molecule has 0 unspecified atom stereocenters. The number of fused-ring (bicyclic) bond motifs is 2. The van der Waals surface area contributed by atoms with Gasteiger partial charge >= 0.3 is 0 Å². The van der Waals surface area contributed by atoms with Gasteiger partial charge in [0.1, 0.15) is 5.82 Å². The molecule has 0 fully saturated rings. The summed E-state index contributed by atoms with van der Waals surface area (Å²) in [5.74, 6) is 0.425. The molecule has 0 N–H and O–H groups in total. The van der Waals surface area contributed by atoms with E-state index in [2.05, 4.69) is 0 Å². The molecule has 1 aliphatic carbocycles. The van der Waals surface area contributed by atoms with Crippen molar-refractivity contribution in [3.8, 4) is 17.1 Å². The minimum atomic E-state index is -0.214. The number of benzene rings is 3. The zero-order valence-corrected chi connectivity index (χ0v) is 19.7. The number of allylic oxidation sites excluding steroid dienone is 1. The third-order valence-electron chi connectivity index (χ3n) is 6.78. The van der Waals surface area contributed by atoms with Crippen molar-refractivity contribution in [3.05, 3.63) is 112 Å². The maximum Gasteiger partial charge on any atom is 0.198 e. The van der Waals surface area contributed by atoms with Crippen LogP contribution in [0.5, 0.6) is 0 Å². The Morgan fingerprint density at radius 2 is 1.34 bits per heavy atom. The summed E-state index contributed by atoms with van der Waals surface area (Å²) in [4.78, 5) is 31.7. The van der Waals surface area contributed by atoms with Gasteiger partial charge in [-0.15, -0.1) is 0 Å². The molecule has 2 aromatic heterocycles. The van der Waals surface area contributed by atoms with Gasteiger partial charge in [0.05, 0.1) is 16.8 Å². The van der Waals surface area contributed by atoms with Crippen molar-refractivity contribution < 1.29 is 9.59 Å². The normalized spacial score (nSPS) is 13.1. The Hall–Kier alpha value is -4.51. The van der Waals surface area contributed by atoms with Crippen molar-refractivity contribution in [2.75, 3.05) is 0 Å². The molecule has 0 bridgehead atoms. The van der Waals surface area contributed by atoms with Crippen molar-refractivity contribution in [2.24, 2.45) is 7.05 Å². The molecule has 0 saturated carbocycles. The second-order valence-electron chi connectivity index (χ2n) is 8.98. The van der Waals surface area contributed by atoms with Crippen LogP contribution >= 0.6 is 0 Å². The lowest BCUT2D eigenvalue weighted by atomic mass is 9.99. The molecule has 170 valence electrons. The number of rotatable bonds is 3. The van der Waals surface area contributed by atoms with E-state index in [0.717, 1.165) is 45.1 Å². The van der Waals surface area contributed by atoms with Crippen LogP contribution in [0.2, 0.25) is 0 Å². The number of nitrogens with zero attached hydrogens (tertiary/aromatic N) is 3. The number of para-hydroxylation sites is 1. The molecule has 5 aromatic rings. The molecular formula is C30H23N3O2. The van der Waals surface area contributed by atoms with E-state index in [1.807, 2.05) is 109 Å². The van der Waals surface area contributed by atoms with Gasteiger partial charge in [-0.2, -0.15) is 0 Å². The van der Waals surface area contributed by atoms with Crippen LogP contribution in [-0.4, -0.2) is 25.7 Å². The third kappa shape index (κ3) is 3.12. The highest BCUT2D eigenvalue weighted by Gasteiger charge is 2.36. The van der Waals surface area contributed by atoms with E-state index in [1.54, 1.807) is 6.08 Å². The molecule has 0 saturated heterocycles. The second kappa shape index (κ2) is 7.77. The maximum atomic E-state index is 13.4. The smallest absolute Gasteiger partial charge is 0.198 e. The van der Waals surface area contributed by atoms with Crippen molar-refractivity contribution in [1.29, 1.82) is 0 Å². The number of aromatic nitrogens is 3.